The number of aromatic nitrogens is 2. The highest BCUT2D eigenvalue weighted by Crippen LogP contribution is 2.27. The van der Waals surface area contributed by atoms with Crippen molar-refractivity contribution >= 4 is 39.9 Å². The van der Waals surface area contributed by atoms with Crippen molar-refractivity contribution in [2.24, 2.45) is 5.73 Å². The number of benzene rings is 3. The Hall–Kier alpha value is -5.13. The highest BCUT2D eigenvalue weighted by molar-refractivity contribution is 5.99. The zero-order chi connectivity index (χ0) is 30.6. The molecule has 0 atom stereocenters. The van der Waals surface area contributed by atoms with Crippen LogP contribution in [0.5, 0.6) is 5.75 Å². The average molecular weight is 575 g/mol. The third kappa shape index (κ3) is 6.12. The zero-order valence-corrected chi connectivity index (χ0v) is 24.1. The summed E-state index contributed by atoms with van der Waals surface area (Å²) in [6.07, 6.45) is 0. The summed E-state index contributed by atoms with van der Waals surface area (Å²) < 4.78 is 8.19. The molecule has 0 fully saturated rings. The molecule has 2 N–H and O–H groups in total. The van der Waals surface area contributed by atoms with E-state index in [0.29, 0.717) is 28.0 Å². The van der Waals surface area contributed by atoms with Gasteiger partial charge in [0.05, 0.1) is 29.6 Å². The van der Waals surface area contributed by atoms with Crippen LogP contribution in [0.25, 0.3) is 11.0 Å². The second-order valence-corrected chi connectivity index (χ2v) is 9.84. The summed E-state index contributed by atoms with van der Waals surface area (Å²) in [5, 5.41) is 11.4. The quantitative estimate of drug-likeness (QED) is 0.201. The minimum atomic E-state index is -0.695. The molecule has 0 unspecified atom stereocenters. The molecule has 0 saturated carbocycles. The van der Waals surface area contributed by atoms with Gasteiger partial charge in [-0.25, -0.2) is 4.79 Å². The standard InChI is InChI=1S/C30H34N6O6/c1-5-32(6-2)22-8-10-23(11-9-22)33(18-28(31)37)29(38)19-35-25-13-7-20(3)15-26(25)34(30(35)39)17-21-16-24(36(40)41)12-14-27(21)42-4/h7-16H,5-6,17-19H2,1-4H3,(H2,31,37). The van der Waals surface area contributed by atoms with Gasteiger partial charge in [0.15, 0.2) is 0 Å². The molecule has 0 radical (unpaired) electrons. The number of non-ortho nitro benzene ring substituents is 1. The fourth-order valence-electron chi connectivity index (χ4n) is 5.04. The van der Waals surface area contributed by atoms with Crippen LogP contribution in [0.3, 0.4) is 0 Å². The molecule has 12 nitrogen and oxygen atoms in total. The Morgan fingerprint density at radius 2 is 1.62 bits per heavy atom. The molecule has 4 rings (SSSR count). The fraction of sp³-hybridized carbons (Fsp3) is 0.300. The Balaban J connectivity index is 1.75. The summed E-state index contributed by atoms with van der Waals surface area (Å²) in [6.45, 7) is 6.85. The molecule has 0 aliphatic carbocycles. The van der Waals surface area contributed by atoms with Crippen LogP contribution in [-0.2, 0) is 22.7 Å². The Labute approximate surface area is 242 Å². The number of hydrogen-bond donors (Lipinski definition) is 1. The summed E-state index contributed by atoms with van der Waals surface area (Å²) in [6, 6.07) is 16.8. The first-order chi connectivity index (χ1) is 20.1. The number of ether oxygens (including phenoxy) is 1. The van der Waals surface area contributed by atoms with Crippen molar-refractivity contribution < 1.29 is 19.2 Å². The summed E-state index contributed by atoms with van der Waals surface area (Å²) in [4.78, 5) is 53.7. The minimum Gasteiger partial charge on any atom is -0.496 e. The molecule has 12 heteroatoms. The lowest BCUT2D eigenvalue weighted by atomic mass is 10.1. The van der Waals surface area contributed by atoms with Crippen molar-refractivity contribution in [2.45, 2.75) is 33.9 Å². The van der Waals surface area contributed by atoms with Gasteiger partial charge in [-0.1, -0.05) is 6.07 Å². The molecule has 4 aromatic rings. The summed E-state index contributed by atoms with van der Waals surface area (Å²) in [7, 11) is 1.45. The summed E-state index contributed by atoms with van der Waals surface area (Å²) in [5.41, 5.74) is 8.68. The van der Waals surface area contributed by atoms with Crippen molar-refractivity contribution in [3.63, 3.8) is 0 Å². The number of nitrogens with zero attached hydrogens (tertiary/aromatic N) is 5. The van der Waals surface area contributed by atoms with Gasteiger partial charge in [0, 0.05) is 42.2 Å². The minimum absolute atomic E-state index is 0.0251. The fourth-order valence-corrected chi connectivity index (χ4v) is 5.04. The number of carbonyl (C=O) groups is 2. The average Bonchev–Trinajstić information content (AvgIpc) is 3.21. The van der Waals surface area contributed by atoms with Crippen molar-refractivity contribution in [1.82, 2.24) is 9.13 Å². The molecule has 3 aromatic carbocycles. The van der Waals surface area contributed by atoms with Gasteiger partial charge in [0.2, 0.25) is 11.8 Å². The number of methoxy groups -OCH3 is 1. The molecule has 1 aromatic heterocycles. The Morgan fingerprint density at radius 3 is 2.21 bits per heavy atom. The first-order valence-electron chi connectivity index (χ1n) is 13.5. The highest BCUT2D eigenvalue weighted by atomic mass is 16.6. The topological polar surface area (TPSA) is 146 Å². The maximum absolute atomic E-state index is 13.8. The molecule has 220 valence electrons. The smallest absolute Gasteiger partial charge is 0.329 e. The van der Waals surface area contributed by atoms with E-state index in [4.69, 9.17) is 10.5 Å². The Morgan fingerprint density at radius 1 is 0.952 bits per heavy atom. The second-order valence-electron chi connectivity index (χ2n) is 9.84. The molecule has 0 bridgehead atoms. The van der Waals surface area contributed by atoms with Crippen LogP contribution in [-0.4, -0.2) is 52.6 Å². The second kappa shape index (κ2) is 12.6. The summed E-state index contributed by atoms with van der Waals surface area (Å²) in [5.74, 6) is -0.809. The van der Waals surface area contributed by atoms with Crippen molar-refractivity contribution in [2.75, 3.05) is 36.5 Å². The maximum atomic E-state index is 13.8. The van der Waals surface area contributed by atoms with E-state index >= 15 is 0 Å². The molecule has 42 heavy (non-hydrogen) atoms. The lowest BCUT2D eigenvalue weighted by Crippen LogP contribution is -2.41. The molecule has 0 aliphatic rings. The number of anilines is 2. The van der Waals surface area contributed by atoms with Crippen molar-refractivity contribution in [3.05, 3.63) is 92.4 Å². The number of rotatable bonds is 12. The summed E-state index contributed by atoms with van der Waals surface area (Å²) >= 11 is 0. The van der Waals surface area contributed by atoms with E-state index in [-0.39, 0.29) is 25.3 Å². The van der Waals surface area contributed by atoms with E-state index < -0.39 is 22.4 Å². The predicted octanol–water partition coefficient (Wildman–Crippen LogP) is 3.44. The number of fused-ring (bicyclic) bond motifs is 1. The Bertz CT molecular complexity index is 1690. The lowest BCUT2D eigenvalue weighted by Gasteiger charge is -2.24. The molecule has 1 heterocycles. The number of carbonyl (C=O) groups excluding carboxylic acids is 2. The van der Waals surface area contributed by atoms with E-state index in [2.05, 4.69) is 4.90 Å². The Kier molecular flexibility index (Phi) is 8.94. The number of aryl methyl sites for hydroxylation is 1. The van der Waals surface area contributed by atoms with Crippen LogP contribution in [0, 0.1) is 17.0 Å². The van der Waals surface area contributed by atoms with E-state index in [0.717, 1.165) is 24.3 Å². The number of primary amides is 1. The van der Waals surface area contributed by atoms with Gasteiger partial charge in [0.1, 0.15) is 18.8 Å². The number of nitro groups is 1. The molecular formula is C30H34N6O6. The number of nitro benzene ring substituents is 1. The van der Waals surface area contributed by atoms with Gasteiger partial charge in [-0.15, -0.1) is 0 Å². The van der Waals surface area contributed by atoms with Crippen LogP contribution in [0.1, 0.15) is 25.0 Å². The van der Waals surface area contributed by atoms with E-state index in [1.165, 1.54) is 39.3 Å². The first kappa shape index (κ1) is 29.8. The van der Waals surface area contributed by atoms with Gasteiger partial charge in [-0.3, -0.25) is 28.8 Å². The van der Waals surface area contributed by atoms with Crippen LogP contribution < -0.4 is 26.0 Å². The van der Waals surface area contributed by atoms with Gasteiger partial charge < -0.3 is 20.3 Å². The number of hydrogen-bond acceptors (Lipinski definition) is 7. The maximum Gasteiger partial charge on any atom is 0.329 e. The van der Waals surface area contributed by atoms with Crippen LogP contribution in [0.4, 0.5) is 17.1 Å². The van der Waals surface area contributed by atoms with Crippen LogP contribution in [0.2, 0.25) is 0 Å². The lowest BCUT2D eigenvalue weighted by molar-refractivity contribution is -0.384. The molecule has 0 aliphatic heterocycles. The van der Waals surface area contributed by atoms with E-state index in [1.54, 1.807) is 18.2 Å². The predicted molar refractivity (Wildman–Crippen MR) is 161 cm³/mol. The van der Waals surface area contributed by atoms with Crippen molar-refractivity contribution in [1.29, 1.82) is 0 Å². The normalized spacial score (nSPS) is 11.0. The number of nitrogens with two attached hydrogens (primary N) is 1. The molecule has 2 amide bonds. The molecule has 0 spiro atoms. The van der Waals surface area contributed by atoms with Gasteiger partial charge in [-0.2, -0.15) is 0 Å². The highest BCUT2D eigenvalue weighted by Gasteiger charge is 2.23. The van der Waals surface area contributed by atoms with Gasteiger partial charge >= 0.3 is 5.69 Å². The van der Waals surface area contributed by atoms with Gasteiger partial charge in [-0.05, 0) is 68.8 Å². The third-order valence-corrected chi connectivity index (χ3v) is 7.18. The van der Waals surface area contributed by atoms with Gasteiger partial charge in [0.25, 0.3) is 5.69 Å². The zero-order valence-electron chi connectivity index (χ0n) is 24.1. The van der Waals surface area contributed by atoms with Crippen LogP contribution >= 0.6 is 0 Å². The van der Waals surface area contributed by atoms with Crippen molar-refractivity contribution in [3.8, 4) is 5.75 Å². The molecular weight excluding hydrogens is 540 g/mol. The van der Waals surface area contributed by atoms with E-state index in [9.17, 15) is 24.5 Å². The monoisotopic (exact) mass is 574 g/mol. The third-order valence-electron chi connectivity index (χ3n) is 7.18. The number of amides is 2. The van der Waals surface area contributed by atoms with Crippen LogP contribution in [0.15, 0.2) is 65.5 Å². The largest absolute Gasteiger partial charge is 0.496 e. The van der Waals surface area contributed by atoms with E-state index in [1.807, 2.05) is 45.0 Å². The SMILES string of the molecule is CCN(CC)c1ccc(N(CC(N)=O)C(=O)Cn2c(=O)n(Cc3cc([N+](=O)[O-])ccc3OC)c3cc(C)ccc32)cc1. The first-order valence-corrected chi connectivity index (χ1v) is 13.5. The molecule has 0 saturated heterocycles. The number of imidazole rings is 1.